The van der Waals surface area contributed by atoms with Gasteiger partial charge in [-0.05, 0) is 59.9 Å². The van der Waals surface area contributed by atoms with Gasteiger partial charge in [-0.1, -0.05) is 42.5 Å². The molecule has 1 aromatic heterocycles. The van der Waals surface area contributed by atoms with E-state index in [4.69, 9.17) is 24.5 Å². The summed E-state index contributed by atoms with van der Waals surface area (Å²) < 4.78 is 33.2. The maximum absolute atomic E-state index is 13.5. The molecule has 5 rings (SSSR count). The van der Waals surface area contributed by atoms with Gasteiger partial charge in [0.05, 0.1) is 6.61 Å². The van der Waals surface area contributed by atoms with Gasteiger partial charge in [-0.2, -0.15) is 0 Å². The molecule has 0 spiro atoms. The molecule has 0 radical (unpaired) electrons. The van der Waals surface area contributed by atoms with Gasteiger partial charge in [0.25, 0.3) is 0 Å². The summed E-state index contributed by atoms with van der Waals surface area (Å²) in [4.78, 5) is 27.5. The molecule has 2 unspecified atom stereocenters. The minimum atomic E-state index is -1.82. The summed E-state index contributed by atoms with van der Waals surface area (Å²) in [6.07, 6.45) is 10.2. The number of ether oxygens (including phenoxy) is 1. The number of carboxylic acids is 2. The first-order chi connectivity index (χ1) is 19.8. The van der Waals surface area contributed by atoms with Crippen molar-refractivity contribution < 1.29 is 33.3 Å². The lowest BCUT2D eigenvalue weighted by Gasteiger charge is -2.40. The maximum Gasteiger partial charge on any atom is 0.414 e. The number of hydrogen-bond acceptors (Lipinski definition) is 6. The number of aliphatic carboxylic acids is 2. The SMILES string of the molecule is Fc1ccc(C(OCCN2CC3CCC(C2)N3C/C=C/c2cccnc2)c2ccc(F)cc2)cc1.O=C(O)C(=O)O. The molecule has 2 aromatic carbocycles. The predicted octanol–water partition coefficient (Wildman–Crippen LogP) is 4.48. The van der Waals surface area contributed by atoms with Gasteiger partial charge in [-0.3, -0.25) is 14.8 Å². The third kappa shape index (κ3) is 8.75. The molecule has 2 fully saturated rings. The second kappa shape index (κ2) is 14.6. The Morgan fingerprint density at radius 1 is 0.927 bits per heavy atom. The molecule has 0 saturated carbocycles. The van der Waals surface area contributed by atoms with Crippen LogP contribution >= 0.6 is 0 Å². The van der Waals surface area contributed by atoms with Gasteiger partial charge in [0.2, 0.25) is 0 Å². The molecule has 8 nitrogen and oxygen atoms in total. The van der Waals surface area contributed by atoms with Crippen LogP contribution in [0.4, 0.5) is 8.78 Å². The van der Waals surface area contributed by atoms with Crippen LogP contribution in [0.5, 0.6) is 0 Å². The average Bonchev–Trinajstić information content (AvgIpc) is 3.20. The topological polar surface area (TPSA) is 103 Å². The Morgan fingerprint density at radius 3 is 1.98 bits per heavy atom. The van der Waals surface area contributed by atoms with Crippen LogP contribution in [0.1, 0.15) is 35.6 Å². The lowest BCUT2D eigenvalue weighted by Crippen LogP contribution is -2.54. The Kier molecular flexibility index (Phi) is 10.7. The van der Waals surface area contributed by atoms with Gasteiger partial charge in [-0.25, -0.2) is 18.4 Å². The molecular weight excluding hydrogens is 532 g/mol. The molecule has 3 heterocycles. The molecule has 2 saturated heterocycles. The van der Waals surface area contributed by atoms with Gasteiger partial charge < -0.3 is 14.9 Å². The van der Waals surface area contributed by atoms with E-state index in [1.165, 1.54) is 37.1 Å². The third-order valence-electron chi connectivity index (χ3n) is 7.24. The van der Waals surface area contributed by atoms with Crippen molar-refractivity contribution in [1.29, 1.82) is 0 Å². The quantitative estimate of drug-likeness (QED) is 0.366. The number of nitrogens with zero attached hydrogens (tertiary/aromatic N) is 3. The van der Waals surface area contributed by atoms with E-state index in [9.17, 15) is 8.78 Å². The fraction of sp³-hybridized carbons (Fsp3) is 0.323. The number of halogens is 2. The zero-order valence-corrected chi connectivity index (χ0v) is 22.5. The van der Waals surface area contributed by atoms with E-state index in [-0.39, 0.29) is 17.7 Å². The molecule has 0 amide bonds. The van der Waals surface area contributed by atoms with Gasteiger partial charge >= 0.3 is 11.9 Å². The normalized spacial score (nSPS) is 18.8. The summed E-state index contributed by atoms with van der Waals surface area (Å²) in [5.41, 5.74) is 2.86. The van der Waals surface area contributed by atoms with Gasteiger partial charge in [-0.15, -0.1) is 0 Å². The zero-order valence-electron chi connectivity index (χ0n) is 22.5. The second-order valence-corrected chi connectivity index (χ2v) is 9.99. The van der Waals surface area contributed by atoms with Crippen molar-refractivity contribution in [3.05, 3.63) is 107 Å². The Bertz CT molecular complexity index is 1230. The zero-order chi connectivity index (χ0) is 29.2. The summed E-state index contributed by atoms with van der Waals surface area (Å²) >= 11 is 0. The van der Waals surface area contributed by atoms with E-state index in [2.05, 4.69) is 33.0 Å². The van der Waals surface area contributed by atoms with Crippen LogP contribution in [0.2, 0.25) is 0 Å². The number of likely N-dealkylation sites (tertiary alicyclic amines) is 1. The number of carbonyl (C=O) groups is 2. The van der Waals surface area contributed by atoms with E-state index in [0.717, 1.165) is 42.9 Å². The van der Waals surface area contributed by atoms with E-state index in [1.807, 2.05) is 12.3 Å². The molecule has 41 heavy (non-hydrogen) atoms. The smallest absolute Gasteiger partial charge is 0.414 e. The first-order valence-electron chi connectivity index (χ1n) is 13.4. The summed E-state index contributed by atoms with van der Waals surface area (Å²) in [5.74, 6) is -4.21. The number of aromatic nitrogens is 1. The molecule has 216 valence electrons. The first-order valence-corrected chi connectivity index (χ1v) is 13.4. The number of fused-ring (bicyclic) bond motifs is 2. The average molecular weight is 566 g/mol. The third-order valence-corrected chi connectivity index (χ3v) is 7.24. The summed E-state index contributed by atoms with van der Waals surface area (Å²) in [6, 6.07) is 17.9. The largest absolute Gasteiger partial charge is 0.473 e. The molecule has 0 aliphatic carbocycles. The Morgan fingerprint density at radius 2 is 1.49 bits per heavy atom. The summed E-state index contributed by atoms with van der Waals surface area (Å²) in [7, 11) is 0. The van der Waals surface area contributed by atoms with Crippen molar-refractivity contribution in [3.8, 4) is 0 Å². The highest BCUT2D eigenvalue weighted by molar-refractivity contribution is 6.27. The molecule has 3 aromatic rings. The maximum atomic E-state index is 13.5. The predicted molar refractivity (Wildman–Crippen MR) is 149 cm³/mol. The minimum absolute atomic E-state index is 0.282. The van der Waals surface area contributed by atoms with Crippen molar-refractivity contribution in [2.75, 3.05) is 32.8 Å². The van der Waals surface area contributed by atoms with E-state index >= 15 is 0 Å². The van der Waals surface area contributed by atoms with Crippen LogP contribution < -0.4 is 0 Å². The standard InChI is InChI=1S/C29H31F2N3O.C2H2O4/c30-25-9-5-23(6-10-25)29(24-7-11-26(31)12-8-24)35-18-17-33-20-27-13-14-28(21-33)34(27)16-2-4-22-3-1-15-32-19-22;3-1(4)2(5)6/h1-12,15,19,27-29H,13-14,16-18,20-21H2;(H,3,4)(H,5,6)/b4-2+;. The molecule has 2 atom stereocenters. The highest BCUT2D eigenvalue weighted by Gasteiger charge is 2.38. The number of hydrogen-bond donors (Lipinski definition) is 2. The number of carboxylic acid groups (broad SMARTS) is 2. The van der Waals surface area contributed by atoms with E-state index < -0.39 is 11.9 Å². The van der Waals surface area contributed by atoms with Crippen molar-refractivity contribution >= 4 is 18.0 Å². The fourth-order valence-electron chi connectivity index (χ4n) is 5.30. The Hall–Kier alpha value is -3.99. The Labute approximate surface area is 237 Å². The molecule has 2 aliphatic rings. The summed E-state index contributed by atoms with van der Waals surface area (Å²) in [5, 5.41) is 14.8. The van der Waals surface area contributed by atoms with Crippen LogP contribution in [-0.2, 0) is 14.3 Å². The van der Waals surface area contributed by atoms with E-state index in [1.54, 1.807) is 30.5 Å². The van der Waals surface area contributed by atoms with Crippen LogP contribution in [-0.4, -0.2) is 81.8 Å². The lowest BCUT2D eigenvalue weighted by molar-refractivity contribution is -0.159. The molecule has 2 N–H and O–H groups in total. The number of benzene rings is 2. The highest BCUT2D eigenvalue weighted by atomic mass is 19.1. The van der Waals surface area contributed by atoms with Crippen molar-refractivity contribution in [2.45, 2.75) is 31.0 Å². The minimum Gasteiger partial charge on any atom is -0.473 e. The number of pyridine rings is 1. The summed E-state index contributed by atoms with van der Waals surface area (Å²) in [6.45, 7) is 4.44. The van der Waals surface area contributed by atoms with Crippen LogP contribution in [0.3, 0.4) is 0 Å². The van der Waals surface area contributed by atoms with E-state index in [0.29, 0.717) is 18.7 Å². The Balaban J connectivity index is 0.000000585. The fourth-order valence-corrected chi connectivity index (χ4v) is 5.30. The molecular formula is C31H33F2N3O5. The van der Waals surface area contributed by atoms with Crippen molar-refractivity contribution in [1.82, 2.24) is 14.8 Å². The van der Waals surface area contributed by atoms with Crippen LogP contribution in [0.15, 0.2) is 79.1 Å². The van der Waals surface area contributed by atoms with Crippen molar-refractivity contribution in [2.24, 2.45) is 0 Å². The van der Waals surface area contributed by atoms with Crippen LogP contribution in [0.25, 0.3) is 6.08 Å². The van der Waals surface area contributed by atoms with Gasteiger partial charge in [0, 0.05) is 50.7 Å². The highest BCUT2D eigenvalue weighted by Crippen LogP contribution is 2.31. The molecule has 2 aliphatic heterocycles. The van der Waals surface area contributed by atoms with Crippen LogP contribution in [0, 0.1) is 11.6 Å². The molecule has 10 heteroatoms. The lowest BCUT2D eigenvalue weighted by atomic mass is 10.0. The number of rotatable bonds is 9. The number of piperazine rings is 1. The first kappa shape index (κ1) is 30.0. The van der Waals surface area contributed by atoms with Crippen molar-refractivity contribution in [3.63, 3.8) is 0 Å². The molecule has 2 bridgehead atoms. The second-order valence-electron chi connectivity index (χ2n) is 9.99. The monoisotopic (exact) mass is 565 g/mol. The van der Waals surface area contributed by atoms with Gasteiger partial charge in [0.1, 0.15) is 17.7 Å². The van der Waals surface area contributed by atoms with Gasteiger partial charge in [0.15, 0.2) is 0 Å².